The molecule has 1 aliphatic carbocycles. The molecule has 20 heavy (non-hydrogen) atoms. The molecule has 5 heteroatoms. The van der Waals surface area contributed by atoms with Crippen molar-refractivity contribution in [2.75, 3.05) is 25.5 Å². The van der Waals surface area contributed by atoms with Crippen molar-refractivity contribution < 1.29 is 13.7 Å². The highest BCUT2D eigenvalue weighted by Gasteiger charge is 2.46. The minimum absolute atomic E-state index is 0.149. The number of hydrogen-bond acceptors (Lipinski definition) is 4. The van der Waals surface area contributed by atoms with E-state index in [0.29, 0.717) is 25.2 Å². The summed E-state index contributed by atoms with van der Waals surface area (Å²) in [6.45, 7) is 8.78. The smallest absolute Gasteiger partial charge is 0.169 e. The fourth-order valence-corrected chi connectivity index (χ4v) is 5.11. The van der Waals surface area contributed by atoms with E-state index in [1.54, 1.807) is 0 Å². The molecule has 0 bridgehead atoms. The van der Waals surface area contributed by atoms with Gasteiger partial charge in [-0.05, 0) is 25.3 Å². The predicted octanol–water partition coefficient (Wildman–Crippen LogP) is 2.05. The van der Waals surface area contributed by atoms with Crippen LogP contribution in [0.5, 0.6) is 0 Å². The Bertz CT molecular complexity index is 329. The van der Waals surface area contributed by atoms with Crippen molar-refractivity contribution in [2.45, 2.75) is 63.5 Å². The zero-order valence-corrected chi connectivity index (χ0v) is 13.8. The van der Waals surface area contributed by atoms with E-state index in [0.717, 1.165) is 38.0 Å². The van der Waals surface area contributed by atoms with Crippen LogP contribution in [0.2, 0.25) is 0 Å². The fourth-order valence-electron chi connectivity index (χ4n) is 3.16. The van der Waals surface area contributed by atoms with Crippen molar-refractivity contribution in [2.24, 2.45) is 5.92 Å². The van der Waals surface area contributed by atoms with E-state index < -0.39 is 16.6 Å². The van der Waals surface area contributed by atoms with Gasteiger partial charge in [-0.25, -0.2) is 0 Å². The fraction of sp³-hybridized carbons (Fsp3) is 1.00. The van der Waals surface area contributed by atoms with Crippen LogP contribution in [0.3, 0.4) is 0 Å². The molecule has 3 unspecified atom stereocenters. The van der Waals surface area contributed by atoms with Gasteiger partial charge >= 0.3 is 0 Å². The summed E-state index contributed by atoms with van der Waals surface area (Å²) in [5, 5.41) is 3.73. The Balaban J connectivity index is 2.03. The molecule has 2 fully saturated rings. The van der Waals surface area contributed by atoms with Crippen LogP contribution in [0.4, 0.5) is 0 Å². The molecule has 1 N–H and O–H groups in total. The van der Waals surface area contributed by atoms with Crippen LogP contribution in [-0.2, 0) is 20.3 Å². The first-order valence-electron chi connectivity index (χ1n) is 7.95. The Kier molecular flexibility index (Phi) is 6.02. The topological polar surface area (TPSA) is 47.6 Å². The van der Waals surface area contributed by atoms with Gasteiger partial charge < -0.3 is 14.8 Å². The molecule has 118 valence electrons. The molecule has 0 radical (unpaired) electrons. The van der Waals surface area contributed by atoms with E-state index in [2.05, 4.69) is 26.1 Å². The highest BCUT2D eigenvalue weighted by molar-refractivity contribution is 7.85. The molecule has 2 aliphatic rings. The third kappa shape index (κ3) is 4.03. The number of hydrogen-bond donors (Lipinski definition) is 1. The maximum Gasteiger partial charge on any atom is 0.169 e. The molecule has 1 saturated heterocycles. The molecule has 0 aromatic rings. The summed E-state index contributed by atoms with van der Waals surface area (Å²) in [5.41, 5.74) is 0. The quantitative estimate of drug-likeness (QED) is 0.816. The van der Waals surface area contributed by atoms with Crippen molar-refractivity contribution in [3.63, 3.8) is 0 Å². The Hall–Kier alpha value is 0.0300. The summed E-state index contributed by atoms with van der Waals surface area (Å²) in [4.78, 5) is 0. The van der Waals surface area contributed by atoms with Crippen LogP contribution in [-0.4, -0.2) is 46.8 Å². The van der Waals surface area contributed by atoms with Crippen LogP contribution in [0.1, 0.15) is 46.5 Å². The summed E-state index contributed by atoms with van der Waals surface area (Å²) in [6, 6.07) is 0.341. The third-order valence-electron chi connectivity index (χ3n) is 4.10. The number of nitrogens with one attached hydrogen (secondary N) is 1. The molecular formula is C15H29NO3S. The average Bonchev–Trinajstić information content (AvgIpc) is 2.85. The van der Waals surface area contributed by atoms with E-state index in [-0.39, 0.29) is 5.25 Å². The Morgan fingerprint density at radius 1 is 1.35 bits per heavy atom. The number of ether oxygens (including phenoxy) is 2. The highest BCUT2D eigenvalue weighted by atomic mass is 32.2. The molecular weight excluding hydrogens is 274 g/mol. The van der Waals surface area contributed by atoms with Gasteiger partial charge in [-0.1, -0.05) is 20.8 Å². The molecule has 1 saturated carbocycles. The van der Waals surface area contributed by atoms with Crippen molar-refractivity contribution in [3.05, 3.63) is 0 Å². The number of rotatable bonds is 6. The summed E-state index contributed by atoms with van der Waals surface area (Å²) in [7, 11) is -0.815. The van der Waals surface area contributed by atoms with Crippen LogP contribution >= 0.6 is 0 Å². The summed E-state index contributed by atoms with van der Waals surface area (Å²) < 4.78 is 24.4. The molecule has 4 nitrogen and oxygen atoms in total. The normalized spacial score (nSPS) is 31.0. The van der Waals surface area contributed by atoms with Crippen molar-refractivity contribution in [1.29, 1.82) is 0 Å². The maximum atomic E-state index is 12.7. The predicted molar refractivity (Wildman–Crippen MR) is 82.2 cm³/mol. The molecule has 0 amide bonds. The monoisotopic (exact) mass is 303 g/mol. The minimum Gasteiger partial charge on any atom is -0.347 e. The molecule has 3 atom stereocenters. The zero-order valence-electron chi connectivity index (χ0n) is 13.0. The van der Waals surface area contributed by atoms with Gasteiger partial charge in [0.1, 0.15) is 0 Å². The van der Waals surface area contributed by atoms with Gasteiger partial charge in [-0.15, -0.1) is 0 Å². The van der Waals surface area contributed by atoms with Crippen LogP contribution < -0.4 is 5.32 Å². The van der Waals surface area contributed by atoms with Gasteiger partial charge in [-0.2, -0.15) is 0 Å². The lowest BCUT2D eigenvalue weighted by atomic mass is 9.89. The Labute approximate surface area is 125 Å². The van der Waals surface area contributed by atoms with Gasteiger partial charge in [0.05, 0.1) is 18.5 Å². The zero-order chi connectivity index (χ0) is 14.6. The first kappa shape index (κ1) is 16.4. The maximum absolute atomic E-state index is 12.7. The van der Waals surface area contributed by atoms with E-state index >= 15 is 0 Å². The van der Waals surface area contributed by atoms with Gasteiger partial charge in [0.2, 0.25) is 0 Å². The van der Waals surface area contributed by atoms with Crippen molar-refractivity contribution in [1.82, 2.24) is 5.32 Å². The minimum atomic E-state index is -0.815. The molecule has 0 aromatic carbocycles. The standard InChI is InChI=1S/C15H29NO3S/c1-4-7-16-13-5-6-15(18-8-9-19-15)10-14(13)20(17)11-12(2)3/h12-14,16H,4-11H2,1-3H3. The van der Waals surface area contributed by atoms with Crippen LogP contribution in [0.15, 0.2) is 0 Å². The lowest BCUT2D eigenvalue weighted by Gasteiger charge is -2.41. The molecule has 1 aliphatic heterocycles. The van der Waals surface area contributed by atoms with Crippen LogP contribution in [0.25, 0.3) is 0 Å². The summed E-state index contributed by atoms with van der Waals surface area (Å²) >= 11 is 0. The Morgan fingerprint density at radius 2 is 2.05 bits per heavy atom. The summed E-state index contributed by atoms with van der Waals surface area (Å²) in [6.07, 6.45) is 3.80. The van der Waals surface area contributed by atoms with E-state index in [4.69, 9.17) is 9.47 Å². The van der Waals surface area contributed by atoms with Crippen LogP contribution in [0, 0.1) is 5.92 Å². The SMILES string of the molecule is CCCNC1CCC2(CC1S(=O)CC(C)C)OCCO2. The second-order valence-corrected chi connectivity index (χ2v) is 8.09. The lowest BCUT2D eigenvalue weighted by Crippen LogP contribution is -2.53. The van der Waals surface area contributed by atoms with Gasteiger partial charge in [0.25, 0.3) is 0 Å². The first-order chi connectivity index (χ1) is 9.56. The van der Waals surface area contributed by atoms with Gasteiger partial charge in [-0.3, -0.25) is 4.21 Å². The first-order valence-corrected chi connectivity index (χ1v) is 9.33. The highest BCUT2D eigenvalue weighted by Crippen LogP contribution is 2.38. The molecule has 1 heterocycles. The average molecular weight is 303 g/mol. The molecule has 1 spiro atoms. The molecule has 0 aromatic heterocycles. The third-order valence-corrected chi connectivity index (χ3v) is 6.27. The van der Waals surface area contributed by atoms with Crippen molar-refractivity contribution >= 4 is 10.8 Å². The van der Waals surface area contributed by atoms with E-state index in [1.807, 2.05) is 0 Å². The molecule has 2 rings (SSSR count). The largest absolute Gasteiger partial charge is 0.347 e. The second-order valence-electron chi connectivity index (χ2n) is 6.39. The van der Waals surface area contributed by atoms with Gasteiger partial charge in [0.15, 0.2) is 5.79 Å². The Morgan fingerprint density at radius 3 is 2.65 bits per heavy atom. The lowest BCUT2D eigenvalue weighted by molar-refractivity contribution is -0.178. The second kappa shape index (κ2) is 7.34. The summed E-state index contributed by atoms with van der Waals surface area (Å²) in [5.74, 6) is 0.790. The van der Waals surface area contributed by atoms with Gasteiger partial charge in [0, 0.05) is 35.4 Å². The van der Waals surface area contributed by atoms with Crippen molar-refractivity contribution in [3.8, 4) is 0 Å². The van der Waals surface area contributed by atoms with E-state index in [9.17, 15) is 4.21 Å². The van der Waals surface area contributed by atoms with E-state index in [1.165, 1.54) is 0 Å².